The van der Waals surface area contributed by atoms with Crippen LogP contribution in [0.3, 0.4) is 0 Å². The number of rotatable bonds is 8. The fourth-order valence-corrected chi connectivity index (χ4v) is 3.82. The van der Waals surface area contributed by atoms with Crippen LogP contribution in [0.25, 0.3) is 0 Å². The number of amides is 1. The van der Waals surface area contributed by atoms with Crippen LogP contribution in [0.5, 0.6) is 5.75 Å². The minimum absolute atomic E-state index is 0.0468. The zero-order chi connectivity index (χ0) is 20.6. The standard InChI is InChI=1S/C23H23NO4S/c1-16-10-11-19(27-2)18(13-16)14-22(26)28-15-21(25)24-23(20-9-6-12-29-20)17-7-4-3-5-8-17/h3-13,23H,14-15H2,1-2H3,(H,24,25)/t23-/m0/s1. The van der Waals surface area contributed by atoms with Crippen molar-refractivity contribution in [1.29, 1.82) is 0 Å². The summed E-state index contributed by atoms with van der Waals surface area (Å²) in [6.45, 7) is 1.61. The second-order valence-corrected chi connectivity index (χ2v) is 7.56. The van der Waals surface area contributed by atoms with E-state index in [0.29, 0.717) is 5.75 Å². The Bertz CT molecular complexity index is 954. The van der Waals surface area contributed by atoms with Crippen molar-refractivity contribution in [2.75, 3.05) is 13.7 Å². The summed E-state index contributed by atoms with van der Waals surface area (Å²) in [5, 5.41) is 4.92. The molecule has 5 nitrogen and oxygen atoms in total. The van der Waals surface area contributed by atoms with E-state index < -0.39 is 5.97 Å². The largest absolute Gasteiger partial charge is 0.496 e. The maximum Gasteiger partial charge on any atom is 0.310 e. The quantitative estimate of drug-likeness (QED) is 0.570. The van der Waals surface area contributed by atoms with Crippen LogP contribution in [0.4, 0.5) is 0 Å². The highest BCUT2D eigenvalue weighted by Crippen LogP contribution is 2.26. The number of aryl methyl sites for hydroxylation is 1. The second kappa shape index (κ2) is 9.89. The first-order valence-electron chi connectivity index (χ1n) is 9.23. The number of carbonyl (C=O) groups is 2. The maximum atomic E-state index is 12.4. The summed E-state index contributed by atoms with van der Waals surface area (Å²) in [6, 6.07) is 18.9. The normalized spacial score (nSPS) is 11.5. The van der Waals surface area contributed by atoms with Crippen LogP contribution in [0, 0.1) is 6.92 Å². The van der Waals surface area contributed by atoms with Gasteiger partial charge in [-0.15, -0.1) is 11.3 Å². The van der Waals surface area contributed by atoms with Crippen molar-refractivity contribution in [2.45, 2.75) is 19.4 Å². The Hall–Kier alpha value is -3.12. The second-order valence-electron chi connectivity index (χ2n) is 6.58. The van der Waals surface area contributed by atoms with Gasteiger partial charge in [-0.2, -0.15) is 0 Å². The molecule has 1 amide bonds. The molecule has 0 aliphatic heterocycles. The zero-order valence-electron chi connectivity index (χ0n) is 16.4. The average molecular weight is 410 g/mol. The lowest BCUT2D eigenvalue weighted by Crippen LogP contribution is -2.32. The Balaban J connectivity index is 1.60. The third-order valence-electron chi connectivity index (χ3n) is 4.40. The van der Waals surface area contributed by atoms with Crippen molar-refractivity contribution in [3.05, 3.63) is 87.6 Å². The molecule has 29 heavy (non-hydrogen) atoms. The highest BCUT2D eigenvalue weighted by molar-refractivity contribution is 7.10. The number of ether oxygens (including phenoxy) is 2. The van der Waals surface area contributed by atoms with E-state index in [1.54, 1.807) is 18.4 Å². The maximum absolute atomic E-state index is 12.4. The van der Waals surface area contributed by atoms with Crippen LogP contribution in [0.15, 0.2) is 66.0 Å². The summed E-state index contributed by atoms with van der Waals surface area (Å²) in [4.78, 5) is 25.7. The van der Waals surface area contributed by atoms with Gasteiger partial charge in [0.15, 0.2) is 6.61 Å². The summed E-state index contributed by atoms with van der Waals surface area (Å²) < 4.78 is 10.5. The topological polar surface area (TPSA) is 64.6 Å². The molecular weight excluding hydrogens is 386 g/mol. The molecule has 1 atom stereocenters. The molecule has 2 aromatic carbocycles. The van der Waals surface area contributed by atoms with Crippen molar-refractivity contribution in [1.82, 2.24) is 5.32 Å². The molecule has 0 fully saturated rings. The van der Waals surface area contributed by atoms with Crippen LogP contribution < -0.4 is 10.1 Å². The smallest absolute Gasteiger partial charge is 0.310 e. The van der Waals surface area contributed by atoms with E-state index in [1.807, 2.05) is 73.0 Å². The number of esters is 1. The molecular formula is C23H23NO4S. The lowest BCUT2D eigenvalue weighted by molar-refractivity contribution is -0.148. The first-order valence-corrected chi connectivity index (χ1v) is 10.1. The van der Waals surface area contributed by atoms with Gasteiger partial charge in [0.2, 0.25) is 0 Å². The number of hydrogen-bond donors (Lipinski definition) is 1. The van der Waals surface area contributed by atoms with Crippen LogP contribution >= 0.6 is 11.3 Å². The van der Waals surface area contributed by atoms with E-state index >= 15 is 0 Å². The van der Waals surface area contributed by atoms with Gasteiger partial charge in [0.05, 0.1) is 19.6 Å². The third-order valence-corrected chi connectivity index (χ3v) is 5.34. The van der Waals surface area contributed by atoms with Crippen molar-refractivity contribution in [3.63, 3.8) is 0 Å². The molecule has 1 N–H and O–H groups in total. The molecule has 0 saturated carbocycles. The van der Waals surface area contributed by atoms with E-state index in [2.05, 4.69) is 5.32 Å². The molecule has 0 radical (unpaired) electrons. The molecule has 0 aliphatic rings. The minimum Gasteiger partial charge on any atom is -0.496 e. The average Bonchev–Trinajstić information content (AvgIpc) is 3.26. The van der Waals surface area contributed by atoms with Crippen LogP contribution in [-0.4, -0.2) is 25.6 Å². The van der Waals surface area contributed by atoms with Crippen molar-refractivity contribution < 1.29 is 19.1 Å². The van der Waals surface area contributed by atoms with Crippen LogP contribution in [0.1, 0.15) is 27.6 Å². The lowest BCUT2D eigenvalue weighted by atomic mass is 10.1. The van der Waals surface area contributed by atoms with Crippen molar-refractivity contribution >= 4 is 23.2 Å². The summed E-state index contributed by atoms with van der Waals surface area (Å²) in [7, 11) is 1.56. The Morgan fingerprint density at radius 3 is 2.55 bits per heavy atom. The van der Waals surface area contributed by atoms with Crippen molar-refractivity contribution in [3.8, 4) is 5.75 Å². The molecule has 0 spiro atoms. The fraction of sp³-hybridized carbons (Fsp3) is 0.217. The van der Waals surface area contributed by atoms with Crippen molar-refractivity contribution in [2.24, 2.45) is 0 Å². The van der Waals surface area contributed by atoms with E-state index in [0.717, 1.165) is 21.6 Å². The molecule has 1 aromatic heterocycles. The summed E-state index contributed by atoms with van der Waals surface area (Å²) >= 11 is 1.56. The highest BCUT2D eigenvalue weighted by atomic mass is 32.1. The van der Waals surface area contributed by atoms with Gasteiger partial charge in [0.25, 0.3) is 5.91 Å². The molecule has 3 aromatic rings. The molecule has 0 bridgehead atoms. The van der Waals surface area contributed by atoms with Gasteiger partial charge in [-0.3, -0.25) is 9.59 Å². The molecule has 1 heterocycles. The third kappa shape index (κ3) is 5.68. The molecule has 0 saturated heterocycles. The van der Waals surface area contributed by atoms with E-state index in [4.69, 9.17) is 9.47 Å². The zero-order valence-corrected chi connectivity index (χ0v) is 17.2. The molecule has 6 heteroatoms. The Morgan fingerprint density at radius 1 is 1.07 bits per heavy atom. The molecule has 3 rings (SSSR count). The molecule has 0 unspecified atom stereocenters. The SMILES string of the molecule is COc1ccc(C)cc1CC(=O)OCC(=O)N[C@@H](c1ccccc1)c1cccs1. The lowest BCUT2D eigenvalue weighted by Gasteiger charge is -2.18. The Kier molecular flexibility index (Phi) is 7.03. The predicted molar refractivity (Wildman–Crippen MR) is 113 cm³/mol. The van der Waals surface area contributed by atoms with E-state index in [9.17, 15) is 9.59 Å². The molecule has 0 aliphatic carbocycles. The Morgan fingerprint density at radius 2 is 1.86 bits per heavy atom. The monoisotopic (exact) mass is 409 g/mol. The molecule has 150 valence electrons. The van der Waals surface area contributed by atoms with Crippen LogP contribution in [-0.2, 0) is 20.7 Å². The number of methoxy groups -OCH3 is 1. The van der Waals surface area contributed by atoms with E-state index in [-0.39, 0.29) is 25.0 Å². The number of nitrogens with one attached hydrogen (secondary N) is 1. The van der Waals surface area contributed by atoms with Gasteiger partial charge in [-0.1, -0.05) is 54.1 Å². The van der Waals surface area contributed by atoms with Gasteiger partial charge >= 0.3 is 5.97 Å². The number of benzene rings is 2. The fourth-order valence-electron chi connectivity index (χ4n) is 3.02. The first kappa shape index (κ1) is 20.6. The van der Waals surface area contributed by atoms with Gasteiger partial charge in [0.1, 0.15) is 5.75 Å². The summed E-state index contributed by atoms with van der Waals surface area (Å²) in [6.07, 6.45) is 0.0468. The number of carbonyl (C=O) groups excluding carboxylic acids is 2. The van der Waals surface area contributed by atoms with Gasteiger partial charge in [0, 0.05) is 10.4 Å². The highest BCUT2D eigenvalue weighted by Gasteiger charge is 2.19. The predicted octanol–water partition coefficient (Wildman–Crippen LogP) is 4.06. The minimum atomic E-state index is -0.476. The number of hydrogen-bond acceptors (Lipinski definition) is 5. The number of thiophene rings is 1. The van der Waals surface area contributed by atoms with Gasteiger partial charge in [-0.05, 0) is 30.0 Å². The van der Waals surface area contributed by atoms with Crippen LogP contribution in [0.2, 0.25) is 0 Å². The first-order chi connectivity index (χ1) is 14.1. The van der Waals surface area contributed by atoms with Gasteiger partial charge in [-0.25, -0.2) is 0 Å². The summed E-state index contributed by atoms with van der Waals surface area (Å²) in [5.74, 6) is -0.202. The van der Waals surface area contributed by atoms with E-state index in [1.165, 1.54) is 0 Å². The summed E-state index contributed by atoms with van der Waals surface area (Å²) in [5.41, 5.74) is 2.73. The van der Waals surface area contributed by atoms with Gasteiger partial charge < -0.3 is 14.8 Å². The Labute approximate surface area is 174 Å².